The first kappa shape index (κ1) is 16.9. The van der Waals surface area contributed by atoms with E-state index in [0.717, 1.165) is 22.0 Å². The number of benzene rings is 2. The van der Waals surface area contributed by atoms with Crippen molar-refractivity contribution in [2.45, 2.75) is 11.8 Å². The number of para-hydroxylation sites is 2. The zero-order valence-electron chi connectivity index (χ0n) is 13.0. The van der Waals surface area contributed by atoms with E-state index < -0.39 is 0 Å². The second-order valence-electron chi connectivity index (χ2n) is 5.11. The highest BCUT2D eigenvalue weighted by atomic mass is 32.2. The monoisotopic (exact) mass is 325 g/mol. The normalized spacial score (nSPS) is 11.3. The van der Waals surface area contributed by atoms with E-state index in [1.54, 1.807) is 11.8 Å². The highest BCUT2D eigenvalue weighted by Gasteiger charge is 2.07. The first-order valence-electron chi connectivity index (χ1n) is 7.39. The molecule has 0 aromatic heterocycles. The smallest absolute Gasteiger partial charge is 0.243 e. The number of hydrogen-bond acceptors (Lipinski definition) is 4. The van der Waals surface area contributed by atoms with Crippen LogP contribution < -0.4 is 10.6 Å². The maximum atomic E-state index is 12.0. The molecule has 0 aliphatic rings. The molecule has 2 rings (SSSR count). The average molecular weight is 325 g/mol. The van der Waals surface area contributed by atoms with E-state index >= 15 is 0 Å². The van der Waals surface area contributed by atoms with Crippen LogP contribution in [-0.2, 0) is 4.79 Å². The predicted molar refractivity (Wildman–Crippen MR) is 95.5 cm³/mol. The molecule has 0 fully saturated rings. The number of nitriles is 1. The van der Waals surface area contributed by atoms with Crippen LogP contribution in [0.25, 0.3) is 0 Å². The molecule has 4 nitrogen and oxygen atoms in total. The summed E-state index contributed by atoms with van der Waals surface area (Å²) in [6.07, 6.45) is 0. The predicted octanol–water partition coefficient (Wildman–Crippen LogP) is 3.99. The number of anilines is 2. The molecule has 5 heteroatoms. The molecule has 0 saturated heterocycles. The van der Waals surface area contributed by atoms with Gasteiger partial charge in [-0.25, -0.2) is 0 Å². The van der Waals surface area contributed by atoms with Gasteiger partial charge in [0.2, 0.25) is 5.91 Å². The molecule has 1 unspecified atom stereocenters. The van der Waals surface area contributed by atoms with E-state index in [0.29, 0.717) is 0 Å². The van der Waals surface area contributed by atoms with E-state index in [-0.39, 0.29) is 18.4 Å². The molecule has 1 amide bonds. The fourth-order valence-corrected chi connectivity index (χ4v) is 2.87. The maximum Gasteiger partial charge on any atom is 0.243 e. The van der Waals surface area contributed by atoms with Crippen LogP contribution >= 0.6 is 11.8 Å². The van der Waals surface area contributed by atoms with Gasteiger partial charge in [0, 0.05) is 22.0 Å². The molecule has 2 N–H and O–H groups in total. The summed E-state index contributed by atoms with van der Waals surface area (Å²) in [6, 6.07) is 19.4. The van der Waals surface area contributed by atoms with Gasteiger partial charge >= 0.3 is 0 Å². The first-order chi connectivity index (χ1) is 11.2. The topological polar surface area (TPSA) is 64.9 Å². The van der Waals surface area contributed by atoms with Crippen molar-refractivity contribution in [3.05, 3.63) is 54.6 Å². The summed E-state index contributed by atoms with van der Waals surface area (Å²) in [5.41, 5.74) is 1.69. The summed E-state index contributed by atoms with van der Waals surface area (Å²) < 4.78 is 0. The third kappa shape index (κ3) is 5.68. The maximum absolute atomic E-state index is 12.0. The van der Waals surface area contributed by atoms with Gasteiger partial charge in [-0.2, -0.15) is 5.26 Å². The second kappa shape index (κ2) is 8.86. The molecule has 0 aliphatic carbocycles. The number of rotatable bonds is 7. The third-order valence-electron chi connectivity index (χ3n) is 3.09. The minimum absolute atomic E-state index is 0.00515. The Hall–Kier alpha value is -2.45. The Bertz CT molecular complexity index is 682. The standard InChI is InChI=1S/C18H19N3OS/c1-14(11-19)13-23-17-10-6-5-9-16(17)20-12-18(22)21-15-7-3-2-4-8-15/h2-10,14,20H,12-13H2,1H3,(H,21,22). The van der Waals surface area contributed by atoms with Crippen molar-refractivity contribution in [1.82, 2.24) is 0 Å². The summed E-state index contributed by atoms with van der Waals surface area (Å²) in [7, 11) is 0. The molecule has 0 aliphatic heterocycles. The Kier molecular flexibility index (Phi) is 6.52. The van der Waals surface area contributed by atoms with Crippen molar-refractivity contribution in [3.8, 4) is 6.07 Å². The molecule has 0 spiro atoms. The third-order valence-corrected chi connectivity index (χ3v) is 4.43. The van der Waals surface area contributed by atoms with Gasteiger partial charge in [0.15, 0.2) is 0 Å². The van der Waals surface area contributed by atoms with Crippen LogP contribution in [0.4, 0.5) is 11.4 Å². The Labute approximate surface area is 140 Å². The molecular formula is C18H19N3OS. The van der Waals surface area contributed by atoms with Crippen molar-refractivity contribution in [2.24, 2.45) is 5.92 Å². The lowest BCUT2D eigenvalue weighted by Gasteiger charge is -2.12. The summed E-state index contributed by atoms with van der Waals surface area (Å²) in [4.78, 5) is 13.0. The van der Waals surface area contributed by atoms with Gasteiger partial charge in [-0.05, 0) is 31.2 Å². The highest BCUT2D eigenvalue weighted by Crippen LogP contribution is 2.28. The number of carbonyl (C=O) groups is 1. The van der Waals surface area contributed by atoms with E-state index in [9.17, 15) is 4.79 Å². The molecule has 0 bridgehead atoms. The van der Waals surface area contributed by atoms with Crippen molar-refractivity contribution >= 4 is 29.0 Å². The molecule has 0 saturated carbocycles. The van der Waals surface area contributed by atoms with Gasteiger partial charge in [-0.15, -0.1) is 11.8 Å². The number of carbonyl (C=O) groups excluding carboxylic acids is 1. The Balaban J connectivity index is 1.90. The number of nitrogens with zero attached hydrogens (tertiary/aromatic N) is 1. The lowest BCUT2D eigenvalue weighted by molar-refractivity contribution is -0.114. The Morgan fingerprint density at radius 2 is 1.87 bits per heavy atom. The van der Waals surface area contributed by atoms with Crippen LogP contribution in [0, 0.1) is 17.2 Å². The van der Waals surface area contributed by atoms with E-state index in [1.807, 2.05) is 61.5 Å². The fourth-order valence-electron chi connectivity index (χ4n) is 1.89. The fraction of sp³-hybridized carbons (Fsp3) is 0.222. The Morgan fingerprint density at radius 1 is 1.17 bits per heavy atom. The van der Waals surface area contributed by atoms with Crippen molar-refractivity contribution in [2.75, 3.05) is 22.9 Å². The number of amides is 1. The van der Waals surface area contributed by atoms with Crippen molar-refractivity contribution in [3.63, 3.8) is 0 Å². The van der Waals surface area contributed by atoms with Gasteiger partial charge < -0.3 is 10.6 Å². The largest absolute Gasteiger partial charge is 0.375 e. The van der Waals surface area contributed by atoms with Gasteiger partial charge in [0.1, 0.15) is 0 Å². The van der Waals surface area contributed by atoms with Gasteiger partial charge in [-0.3, -0.25) is 4.79 Å². The quantitative estimate of drug-likeness (QED) is 0.756. The second-order valence-corrected chi connectivity index (χ2v) is 6.17. The van der Waals surface area contributed by atoms with E-state index in [4.69, 9.17) is 5.26 Å². The summed E-state index contributed by atoms with van der Waals surface area (Å²) in [6.45, 7) is 2.09. The zero-order chi connectivity index (χ0) is 16.5. The lowest BCUT2D eigenvalue weighted by atomic mass is 10.3. The molecule has 0 heterocycles. The molecule has 118 valence electrons. The number of hydrogen-bond donors (Lipinski definition) is 2. The zero-order valence-corrected chi connectivity index (χ0v) is 13.8. The average Bonchev–Trinajstić information content (AvgIpc) is 2.59. The Morgan fingerprint density at radius 3 is 2.61 bits per heavy atom. The highest BCUT2D eigenvalue weighted by molar-refractivity contribution is 7.99. The number of nitrogens with one attached hydrogen (secondary N) is 2. The van der Waals surface area contributed by atoms with Crippen LogP contribution in [0.5, 0.6) is 0 Å². The molecular weight excluding hydrogens is 306 g/mol. The van der Waals surface area contributed by atoms with Crippen LogP contribution in [0.2, 0.25) is 0 Å². The molecule has 1 atom stereocenters. The SMILES string of the molecule is CC(C#N)CSc1ccccc1NCC(=O)Nc1ccccc1. The van der Waals surface area contributed by atoms with Crippen molar-refractivity contribution < 1.29 is 4.79 Å². The van der Waals surface area contributed by atoms with Crippen LogP contribution in [0.15, 0.2) is 59.5 Å². The van der Waals surface area contributed by atoms with Crippen molar-refractivity contribution in [1.29, 1.82) is 5.26 Å². The van der Waals surface area contributed by atoms with Crippen LogP contribution in [0.1, 0.15) is 6.92 Å². The summed E-state index contributed by atoms with van der Waals surface area (Å²) >= 11 is 1.62. The molecule has 2 aromatic carbocycles. The molecule has 23 heavy (non-hydrogen) atoms. The van der Waals surface area contributed by atoms with Gasteiger partial charge in [-0.1, -0.05) is 30.3 Å². The summed E-state index contributed by atoms with van der Waals surface area (Å²) in [5, 5.41) is 14.9. The summed E-state index contributed by atoms with van der Waals surface area (Å²) in [5.74, 6) is 0.627. The minimum atomic E-state index is -0.0959. The van der Waals surface area contributed by atoms with Gasteiger partial charge in [0.05, 0.1) is 18.5 Å². The molecule has 2 aromatic rings. The minimum Gasteiger partial charge on any atom is -0.375 e. The molecule has 0 radical (unpaired) electrons. The van der Waals surface area contributed by atoms with Crippen LogP contribution in [0.3, 0.4) is 0 Å². The van der Waals surface area contributed by atoms with E-state index in [2.05, 4.69) is 16.7 Å². The van der Waals surface area contributed by atoms with Gasteiger partial charge in [0.25, 0.3) is 0 Å². The first-order valence-corrected chi connectivity index (χ1v) is 8.38. The lowest BCUT2D eigenvalue weighted by Crippen LogP contribution is -2.21. The van der Waals surface area contributed by atoms with Crippen LogP contribution in [-0.4, -0.2) is 18.2 Å². The number of thioether (sulfide) groups is 1. The van der Waals surface area contributed by atoms with E-state index in [1.165, 1.54) is 0 Å².